The van der Waals surface area contributed by atoms with E-state index in [1.165, 1.54) is 7.11 Å². The summed E-state index contributed by atoms with van der Waals surface area (Å²) in [5.41, 5.74) is 6.97. The standard InChI is InChI=1S/C18H19ClN2O3/c1-24-16(13-5-3-2-4-6-13)18(23)21-15(17(20)22)11-12-7-9-14(19)10-8-12/h2-10,15-16H,11H2,1H3,(H2,20,22)(H,21,23)/t15-,16-/m1/s1. The smallest absolute Gasteiger partial charge is 0.254 e. The number of primary amides is 1. The molecule has 0 radical (unpaired) electrons. The van der Waals surface area contributed by atoms with Gasteiger partial charge in [0.25, 0.3) is 5.91 Å². The Balaban J connectivity index is 2.10. The zero-order valence-electron chi connectivity index (χ0n) is 13.2. The third-order valence-corrected chi connectivity index (χ3v) is 3.84. The molecule has 0 unspecified atom stereocenters. The molecule has 0 aliphatic heterocycles. The van der Waals surface area contributed by atoms with Crippen LogP contribution in [0, 0.1) is 0 Å². The number of hydrogen-bond acceptors (Lipinski definition) is 3. The predicted molar refractivity (Wildman–Crippen MR) is 92.5 cm³/mol. The van der Waals surface area contributed by atoms with Gasteiger partial charge in [0.15, 0.2) is 6.10 Å². The third-order valence-electron chi connectivity index (χ3n) is 3.59. The van der Waals surface area contributed by atoms with E-state index in [1.807, 2.05) is 18.2 Å². The maximum absolute atomic E-state index is 12.5. The fraction of sp³-hybridized carbons (Fsp3) is 0.222. The average molecular weight is 347 g/mol. The van der Waals surface area contributed by atoms with E-state index in [-0.39, 0.29) is 6.42 Å². The first-order chi connectivity index (χ1) is 11.5. The van der Waals surface area contributed by atoms with Crippen molar-refractivity contribution in [1.82, 2.24) is 5.32 Å². The first-order valence-electron chi connectivity index (χ1n) is 7.43. The third kappa shape index (κ3) is 4.81. The molecule has 0 saturated heterocycles. The van der Waals surface area contributed by atoms with E-state index in [2.05, 4.69) is 5.32 Å². The van der Waals surface area contributed by atoms with Crippen molar-refractivity contribution >= 4 is 23.4 Å². The molecule has 5 nitrogen and oxygen atoms in total. The molecule has 0 fully saturated rings. The van der Waals surface area contributed by atoms with Crippen LogP contribution in [0.4, 0.5) is 0 Å². The second kappa shape index (κ2) is 8.47. The van der Waals surface area contributed by atoms with Crippen molar-refractivity contribution < 1.29 is 14.3 Å². The summed E-state index contributed by atoms with van der Waals surface area (Å²) in [7, 11) is 1.44. The molecule has 2 aromatic carbocycles. The number of carbonyl (C=O) groups is 2. The van der Waals surface area contributed by atoms with E-state index in [9.17, 15) is 9.59 Å². The van der Waals surface area contributed by atoms with Gasteiger partial charge in [-0.3, -0.25) is 9.59 Å². The zero-order chi connectivity index (χ0) is 17.5. The number of halogens is 1. The molecule has 2 atom stereocenters. The van der Waals surface area contributed by atoms with Crippen LogP contribution in [-0.4, -0.2) is 25.0 Å². The van der Waals surface area contributed by atoms with Crippen LogP contribution in [0.15, 0.2) is 54.6 Å². The number of benzene rings is 2. The van der Waals surface area contributed by atoms with Gasteiger partial charge in [-0.25, -0.2) is 0 Å². The number of methoxy groups -OCH3 is 1. The van der Waals surface area contributed by atoms with E-state index in [1.54, 1.807) is 36.4 Å². The molecule has 0 spiro atoms. The molecular weight excluding hydrogens is 328 g/mol. The fourth-order valence-electron chi connectivity index (χ4n) is 2.35. The van der Waals surface area contributed by atoms with Crippen LogP contribution in [-0.2, 0) is 20.7 Å². The Bertz CT molecular complexity index is 689. The lowest BCUT2D eigenvalue weighted by molar-refractivity contribution is -0.134. The minimum Gasteiger partial charge on any atom is -0.368 e. The Labute approximate surface area is 145 Å². The summed E-state index contributed by atoms with van der Waals surface area (Å²) in [4.78, 5) is 24.2. The van der Waals surface area contributed by atoms with Crippen molar-refractivity contribution in [2.75, 3.05) is 7.11 Å². The van der Waals surface area contributed by atoms with Crippen molar-refractivity contribution in [3.63, 3.8) is 0 Å². The van der Waals surface area contributed by atoms with E-state index in [0.717, 1.165) is 5.56 Å². The minimum atomic E-state index is -0.833. The van der Waals surface area contributed by atoms with Crippen molar-refractivity contribution in [3.05, 3.63) is 70.7 Å². The number of rotatable bonds is 7. The van der Waals surface area contributed by atoms with Gasteiger partial charge in [0.1, 0.15) is 6.04 Å². The van der Waals surface area contributed by atoms with Crippen LogP contribution in [0.5, 0.6) is 0 Å². The molecule has 2 aromatic rings. The van der Waals surface area contributed by atoms with Crippen LogP contribution in [0.25, 0.3) is 0 Å². The lowest BCUT2D eigenvalue weighted by Crippen LogP contribution is -2.47. The zero-order valence-corrected chi connectivity index (χ0v) is 14.0. The molecule has 0 aliphatic carbocycles. The number of ether oxygens (including phenoxy) is 1. The van der Waals surface area contributed by atoms with Crippen LogP contribution in [0.3, 0.4) is 0 Å². The van der Waals surface area contributed by atoms with E-state index in [4.69, 9.17) is 22.1 Å². The first-order valence-corrected chi connectivity index (χ1v) is 7.81. The van der Waals surface area contributed by atoms with Crippen LogP contribution in [0.1, 0.15) is 17.2 Å². The van der Waals surface area contributed by atoms with Gasteiger partial charge < -0.3 is 15.8 Å². The highest BCUT2D eigenvalue weighted by molar-refractivity contribution is 6.30. The lowest BCUT2D eigenvalue weighted by atomic mass is 10.0. The molecule has 3 N–H and O–H groups in total. The molecule has 0 aromatic heterocycles. The maximum Gasteiger partial charge on any atom is 0.254 e. The molecule has 2 rings (SSSR count). The number of nitrogens with two attached hydrogens (primary N) is 1. The molecule has 0 saturated carbocycles. The highest BCUT2D eigenvalue weighted by atomic mass is 35.5. The summed E-state index contributed by atoms with van der Waals surface area (Å²) in [6.07, 6.45) is -0.526. The topological polar surface area (TPSA) is 81.4 Å². The van der Waals surface area contributed by atoms with Gasteiger partial charge in [-0.1, -0.05) is 54.1 Å². The fourth-order valence-corrected chi connectivity index (χ4v) is 2.47. The van der Waals surface area contributed by atoms with Crippen molar-refractivity contribution in [2.45, 2.75) is 18.6 Å². The van der Waals surface area contributed by atoms with Gasteiger partial charge in [0.05, 0.1) is 0 Å². The summed E-state index contributed by atoms with van der Waals surface area (Å²) in [6, 6.07) is 15.2. The monoisotopic (exact) mass is 346 g/mol. The normalized spacial score (nSPS) is 13.1. The van der Waals surface area contributed by atoms with Gasteiger partial charge in [-0.05, 0) is 23.3 Å². The largest absolute Gasteiger partial charge is 0.368 e. The van der Waals surface area contributed by atoms with Crippen LogP contribution in [0.2, 0.25) is 5.02 Å². The average Bonchev–Trinajstić information content (AvgIpc) is 2.57. The summed E-state index contributed by atoms with van der Waals surface area (Å²) in [5, 5.41) is 3.26. The van der Waals surface area contributed by atoms with Gasteiger partial charge in [-0.15, -0.1) is 0 Å². The lowest BCUT2D eigenvalue weighted by Gasteiger charge is -2.20. The summed E-state index contributed by atoms with van der Waals surface area (Å²) >= 11 is 5.85. The molecule has 0 heterocycles. The molecule has 6 heteroatoms. The van der Waals surface area contributed by atoms with Gasteiger partial charge in [0.2, 0.25) is 5.91 Å². The molecular formula is C18H19ClN2O3. The van der Waals surface area contributed by atoms with Crippen LogP contribution >= 0.6 is 11.6 Å². The Morgan fingerprint density at radius 1 is 1.12 bits per heavy atom. The first kappa shape index (κ1) is 18.0. The minimum absolute atomic E-state index is 0.281. The quantitative estimate of drug-likeness (QED) is 0.806. The second-order valence-corrected chi connectivity index (χ2v) is 5.76. The molecule has 24 heavy (non-hydrogen) atoms. The van der Waals surface area contributed by atoms with Crippen molar-refractivity contribution in [2.24, 2.45) is 5.73 Å². The molecule has 126 valence electrons. The predicted octanol–water partition coefficient (Wildman–Crippen LogP) is 2.24. The number of nitrogens with one attached hydrogen (secondary N) is 1. The van der Waals surface area contributed by atoms with Crippen molar-refractivity contribution in [1.29, 1.82) is 0 Å². The van der Waals surface area contributed by atoms with E-state index >= 15 is 0 Å². The Hall–Kier alpha value is -2.37. The summed E-state index contributed by atoms with van der Waals surface area (Å²) in [5.74, 6) is -1.03. The maximum atomic E-state index is 12.5. The Kier molecular flexibility index (Phi) is 6.35. The van der Waals surface area contributed by atoms with Gasteiger partial charge >= 0.3 is 0 Å². The van der Waals surface area contributed by atoms with E-state index in [0.29, 0.717) is 10.6 Å². The summed E-state index contributed by atoms with van der Waals surface area (Å²) in [6.45, 7) is 0. The SMILES string of the molecule is CO[C@@H](C(=O)N[C@H](Cc1ccc(Cl)cc1)C(N)=O)c1ccccc1. The van der Waals surface area contributed by atoms with Crippen LogP contribution < -0.4 is 11.1 Å². The highest BCUT2D eigenvalue weighted by Gasteiger charge is 2.25. The summed E-state index contributed by atoms with van der Waals surface area (Å²) < 4.78 is 5.26. The van der Waals surface area contributed by atoms with Gasteiger partial charge in [-0.2, -0.15) is 0 Å². The Morgan fingerprint density at radius 2 is 1.75 bits per heavy atom. The number of carbonyl (C=O) groups excluding carboxylic acids is 2. The number of hydrogen-bond donors (Lipinski definition) is 2. The number of amides is 2. The van der Waals surface area contributed by atoms with Gasteiger partial charge in [0, 0.05) is 18.6 Å². The second-order valence-electron chi connectivity index (χ2n) is 5.32. The molecule has 2 amide bonds. The molecule has 0 aliphatic rings. The molecule has 0 bridgehead atoms. The highest BCUT2D eigenvalue weighted by Crippen LogP contribution is 2.17. The van der Waals surface area contributed by atoms with E-state index < -0.39 is 24.0 Å². The van der Waals surface area contributed by atoms with Crippen molar-refractivity contribution in [3.8, 4) is 0 Å². The Morgan fingerprint density at radius 3 is 2.29 bits per heavy atom.